The molecule has 0 aromatic rings. The summed E-state index contributed by atoms with van der Waals surface area (Å²) in [6, 6.07) is 0. The molecule has 0 heterocycles. The number of rotatable bonds is 11. The third-order valence-electron chi connectivity index (χ3n) is 2.51. The Bertz CT molecular complexity index is 190. The van der Waals surface area contributed by atoms with Gasteiger partial charge in [-0.1, -0.05) is 44.6 Å². The normalized spacial score (nSPS) is 11.1. The van der Waals surface area contributed by atoms with Gasteiger partial charge in [0.25, 0.3) is 0 Å². The molecule has 0 bridgehead atoms. The van der Waals surface area contributed by atoms with Gasteiger partial charge < -0.3 is 5.11 Å². The maximum atomic E-state index is 11.8. The number of carboxylic acid groups (broad SMARTS) is 1. The minimum Gasteiger partial charge on any atom is -0.478 e. The quantitative estimate of drug-likeness (QED) is 0.428. The first-order chi connectivity index (χ1) is 7.77. The summed E-state index contributed by atoms with van der Waals surface area (Å²) in [5, 5.41) is 8.34. The fourth-order valence-corrected chi connectivity index (χ4v) is 1.60. The molecule has 0 saturated carbocycles. The molecule has 3 heteroatoms. The van der Waals surface area contributed by atoms with E-state index in [9.17, 15) is 9.18 Å². The number of hydrogen-bond acceptors (Lipinski definition) is 1. The van der Waals surface area contributed by atoms with Gasteiger partial charge in [0.05, 0.1) is 6.67 Å². The Labute approximate surface area is 97.6 Å². The van der Waals surface area contributed by atoms with Crippen LogP contribution in [0.5, 0.6) is 0 Å². The third-order valence-corrected chi connectivity index (χ3v) is 2.51. The van der Waals surface area contributed by atoms with Gasteiger partial charge in [-0.15, -0.1) is 0 Å². The fraction of sp³-hybridized carbons (Fsp3) is 0.769. The van der Waals surface area contributed by atoms with E-state index in [1.54, 1.807) is 6.08 Å². The number of alkyl halides is 1. The standard InChI is InChI=1S/C13H23FO2/c14-12-10-8-6-4-2-1-3-5-7-9-11-13(15)16/h9,11H,1-8,10,12H2,(H,15,16)/b11-9+. The van der Waals surface area contributed by atoms with Gasteiger partial charge in [-0.05, 0) is 19.3 Å². The highest BCUT2D eigenvalue weighted by molar-refractivity contribution is 5.79. The first kappa shape index (κ1) is 15.1. The van der Waals surface area contributed by atoms with Gasteiger partial charge in [0.15, 0.2) is 0 Å². The maximum absolute atomic E-state index is 11.8. The first-order valence-electron chi connectivity index (χ1n) is 6.23. The van der Waals surface area contributed by atoms with Crippen LogP contribution in [0.3, 0.4) is 0 Å². The Kier molecular flexibility index (Phi) is 11.6. The molecular formula is C13H23FO2. The molecule has 0 aliphatic carbocycles. The lowest BCUT2D eigenvalue weighted by Gasteiger charge is -1.99. The molecule has 0 atom stereocenters. The topological polar surface area (TPSA) is 37.3 Å². The SMILES string of the molecule is O=C(O)/C=C/CCCCCCCCCCF. The fourth-order valence-electron chi connectivity index (χ4n) is 1.60. The zero-order valence-electron chi connectivity index (χ0n) is 9.96. The van der Waals surface area contributed by atoms with Gasteiger partial charge in [-0.25, -0.2) is 4.79 Å². The van der Waals surface area contributed by atoms with Crippen molar-refractivity contribution >= 4 is 5.97 Å². The van der Waals surface area contributed by atoms with Crippen molar-refractivity contribution < 1.29 is 14.3 Å². The summed E-state index contributed by atoms with van der Waals surface area (Å²) >= 11 is 0. The predicted molar refractivity (Wildman–Crippen MR) is 64.3 cm³/mol. The second kappa shape index (κ2) is 12.2. The molecule has 0 fully saturated rings. The molecular weight excluding hydrogens is 207 g/mol. The molecule has 0 aliphatic rings. The average molecular weight is 230 g/mol. The second-order valence-electron chi connectivity index (χ2n) is 4.05. The Balaban J connectivity index is 3.01. The minimum atomic E-state index is -0.868. The minimum absolute atomic E-state index is 0.185. The molecule has 2 nitrogen and oxygen atoms in total. The van der Waals surface area contributed by atoms with Crippen LogP contribution in [0.15, 0.2) is 12.2 Å². The summed E-state index contributed by atoms with van der Waals surface area (Å²) in [6.45, 7) is -0.185. The van der Waals surface area contributed by atoms with Crippen molar-refractivity contribution in [1.29, 1.82) is 0 Å². The summed E-state index contributed by atoms with van der Waals surface area (Å²) in [7, 11) is 0. The largest absolute Gasteiger partial charge is 0.478 e. The van der Waals surface area contributed by atoms with Gasteiger partial charge in [0, 0.05) is 6.08 Å². The molecule has 0 saturated heterocycles. The monoisotopic (exact) mass is 230 g/mol. The molecule has 16 heavy (non-hydrogen) atoms. The lowest BCUT2D eigenvalue weighted by atomic mass is 10.1. The van der Waals surface area contributed by atoms with Crippen molar-refractivity contribution in [2.45, 2.75) is 57.8 Å². The molecule has 0 unspecified atom stereocenters. The van der Waals surface area contributed by atoms with Crippen molar-refractivity contribution in [3.05, 3.63) is 12.2 Å². The average Bonchev–Trinajstić information content (AvgIpc) is 2.25. The molecule has 1 N–H and O–H groups in total. The number of aliphatic carboxylic acids is 1. The predicted octanol–water partition coefficient (Wildman–Crippen LogP) is 4.11. The highest BCUT2D eigenvalue weighted by Gasteiger charge is 1.92. The summed E-state index contributed by atoms with van der Waals surface area (Å²) in [6.07, 6.45) is 12.5. The number of unbranched alkanes of at least 4 members (excludes halogenated alkanes) is 8. The highest BCUT2D eigenvalue weighted by atomic mass is 19.1. The third kappa shape index (κ3) is 13.1. The second-order valence-corrected chi connectivity index (χ2v) is 4.05. The Morgan fingerprint density at radius 1 is 0.938 bits per heavy atom. The van der Waals surface area contributed by atoms with Gasteiger partial charge in [-0.3, -0.25) is 4.39 Å². The Morgan fingerprint density at radius 3 is 1.94 bits per heavy atom. The number of carboxylic acids is 1. The first-order valence-corrected chi connectivity index (χ1v) is 6.23. The van der Waals surface area contributed by atoms with Gasteiger partial charge in [-0.2, -0.15) is 0 Å². The molecule has 94 valence electrons. The van der Waals surface area contributed by atoms with E-state index in [2.05, 4.69) is 0 Å². The molecule has 0 aromatic heterocycles. The van der Waals surface area contributed by atoms with Crippen LogP contribution in [-0.4, -0.2) is 17.8 Å². The number of hydrogen-bond donors (Lipinski definition) is 1. The summed E-state index contributed by atoms with van der Waals surface area (Å²) in [4.78, 5) is 10.1. The summed E-state index contributed by atoms with van der Waals surface area (Å²) in [5.41, 5.74) is 0. The van der Waals surface area contributed by atoms with Crippen LogP contribution >= 0.6 is 0 Å². The zero-order chi connectivity index (χ0) is 12.1. The van der Waals surface area contributed by atoms with Gasteiger partial charge >= 0.3 is 5.97 Å². The van der Waals surface area contributed by atoms with Crippen molar-refractivity contribution in [2.24, 2.45) is 0 Å². The van der Waals surface area contributed by atoms with Crippen LogP contribution in [0.1, 0.15) is 57.8 Å². The van der Waals surface area contributed by atoms with Crippen LogP contribution in [0, 0.1) is 0 Å². The Hall–Kier alpha value is -0.860. The van der Waals surface area contributed by atoms with E-state index in [0.717, 1.165) is 32.1 Å². The highest BCUT2D eigenvalue weighted by Crippen LogP contribution is 2.09. The van der Waals surface area contributed by atoms with Gasteiger partial charge in [0.2, 0.25) is 0 Å². The van der Waals surface area contributed by atoms with Crippen LogP contribution in [0.2, 0.25) is 0 Å². The summed E-state index contributed by atoms with van der Waals surface area (Å²) < 4.78 is 11.8. The zero-order valence-corrected chi connectivity index (χ0v) is 9.96. The van der Waals surface area contributed by atoms with E-state index in [-0.39, 0.29) is 6.67 Å². The van der Waals surface area contributed by atoms with E-state index < -0.39 is 5.97 Å². The van der Waals surface area contributed by atoms with Crippen LogP contribution < -0.4 is 0 Å². The lowest BCUT2D eigenvalue weighted by molar-refractivity contribution is -0.131. The van der Waals surface area contributed by atoms with Crippen molar-refractivity contribution in [1.82, 2.24) is 0 Å². The maximum Gasteiger partial charge on any atom is 0.327 e. The molecule has 0 aliphatic heterocycles. The van der Waals surface area contributed by atoms with Crippen molar-refractivity contribution in [3.63, 3.8) is 0 Å². The van der Waals surface area contributed by atoms with E-state index in [1.165, 1.54) is 25.3 Å². The summed E-state index contributed by atoms with van der Waals surface area (Å²) in [5.74, 6) is -0.868. The van der Waals surface area contributed by atoms with E-state index in [1.807, 2.05) is 0 Å². The lowest BCUT2D eigenvalue weighted by Crippen LogP contribution is -1.86. The van der Waals surface area contributed by atoms with Crippen molar-refractivity contribution in [3.8, 4) is 0 Å². The molecule has 0 amide bonds. The number of halogens is 1. The number of carbonyl (C=O) groups is 1. The molecule has 0 aromatic carbocycles. The number of allylic oxidation sites excluding steroid dienone is 1. The van der Waals surface area contributed by atoms with Crippen molar-refractivity contribution in [2.75, 3.05) is 6.67 Å². The van der Waals surface area contributed by atoms with E-state index >= 15 is 0 Å². The van der Waals surface area contributed by atoms with Gasteiger partial charge in [0.1, 0.15) is 0 Å². The molecule has 0 rings (SSSR count). The van der Waals surface area contributed by atoms with Crippen LogP contribution in [0.4, 0.5) is 4.39 Å². The van der Waals surface area contributed by atoms with E-state index in [4.69, 9.17) is 5.11 Å². The Morgan fingerprint density at radius 2 is 1.44 bits per heavy atom. The van der Waals surface area contributed by atoms with Crippen LogP contribution in [0.25, 0.3) is 0 Å². The smallest absolute Gasteiger partial charge is 0.327 e. The van der Waals surface area contributed by atoms with Crippen LogP contribution in [-0.2, 0) is 4.79 Å². The molecule has 0 radical (unpaired) electrons. The molecule has 0 spiro atoms. The van der Waals surface area contributed by atoms with E-state index in [0.29, 0.717) is 6.42 Å².